The monoisotopic (exact) mass is 382 g/mol. The van der Waals surface area contributed by atoms with Crippen LogP contribution in [0.1, 0.15) is 12.5 Å². The third kappa shape index (κ3) is 3.98. The maximum atomic E-state index is 12.6. The van der Waals surface area contributed by atoms with Crippen molar-refractivity contribution < 1.29 is 14.5 Å². The Kier molecular flexibility index (Phi) is 5.35. The quantitative estimate of drug-likeness (QED) is 0.517. The Morgan fingerprint density at radius 2 is 2.07 bits per heavy atom. The fourth-order valence-electron chi connectivity index (χ4n) is 2.75. The number of nitro benzene ring substituents is 1. The molecule has 0 atom stereocenters. The maximum Gasteiger partial charge on any atom is 0.296 e. The van der Waals surface area contributed by atoms with Crippen LogP contribution in [0.2, 0.25) is 0 Å². The highest BCUT2D eigenvalue weighted by molar-refractivity contribution is 5.93. The number of amides is 1. The average molecular weight is 382 g/mol. The lowest BCUT2D eigenvalue weighted by Crippen LogP contribution is -2.28. The first kappa shape index (κ1) is 19.0. The normalized spacial score (nSPS) is 10.6. The van der Waals surface area contributed by atoms with E-state index in [1.54, 1.807) is 19.1 Å². The van der Waals surface area contributed by atoms with Gasteiger partial charge in [-0.15, -0.1) is 0 Å². The largest absolute Gasteiger partial charge is 0.494 e. The Bertz CT molecular complexity index is 1120. The molecule has 3 aromatic rings. The number of carbonyl (C=O) groups excluding carboxylic acids is 1. The molecule has 1 amide bonds. The molecule has 9 nitrogen and oxygen atoms in total. The summed E-state index contributed by atoms with van der Waals surface area (Å²) >= 11 is 0. The number of nitrogens with one attached hydrogen (secondary N) is 1. The number of ether oxygens (including phenoxy) is 1. The van der Waals surface area contributed by atoms with E-state index >= 15 is 0 Å². The molecule has 144 valence electrons. The second-order valence-corrected chi connectivity index (χ2v) is 6.12. The third-order valence-corrected chi connectivity index (χ3v) is 4.04. The molecule has 0 spiro atoms. The van der Waals surface area contributed by atoms with Crippen molar-refractivity contribution in [3.63, 3.8) is 0 Å². The minimum absolute atomic E-state index is 0.0242. The van der Waals surface area contributed by atoms with E-state index in [-0.39, 0.29) is 23.5 Å². The van der Waals surface area contributed by atoms with Gasteiger partial charge in [-0.3, -0.25) is 24.3 Å². The molecule has 9 heteroatoms. The number of aromatic nitrogens is 2. The minimum atomic E-state index is -0.606. The van der Waals surface area contributed by atoms with Gasteiger partial charge in [-0.1, -0.05) is 11.6 Å². The van der Waals surface area contributed by atoms with E-state index in [1.165, 1.54) is 24.5 Å². The molecule has 0 unspecified atom stereocenters. The van der Waals surface area contributed by atoms with Crippen LogP contribution in [-0.2, 0) is 11.3 Å². The van der Waals surface area contributed by atoms with Crippen LogP contribution in [0.4, 0.5) is 11.4 Å². The fourth-order valence-corrected chi connectivity index (χ4v) is 2.75. The Morgan fingerprint density at radius 3 is 2.79 bits per heavy atom. The van der Waals surface area contributed by atoms with E-state index in [0.29, 0.717) is 23.3 Å². The molecule has 0 fully saturated rings. The van der Waals surface area contributed by atoms with Gasteiger partial charge < -0.3 is 10.1 Å². The predicted octanol–water partition coefficient (Wildman–Crippen LogP) is 2.65. The molecule has 3 rings (SSSR count). The molecule has 28 heavy (non-hydrogen) atoms. The highest BCUT2D eigenvalue weighted by atomic mass is 16.6. The van der Waals surface area contributed by atoms with Gasteiger partial charge in [0, 0.05) is 0 Å². The number of benzene rings is 2. The first-order valence-electron chi connectivity index (χ1n) is 8.56. The van der Waals surface area contributed by atoms with E-state index < -0.39 is 10.8 Å². The van der Waals surface area contributed by atoms with Crippen molar-refractivity contribution in [2.24, 2.45) is 0 Å². The molecule has 1 heterocycles. The number of nitrogens with zero attached hydrogens (tertiary/aromatic N) is 3. The van der Waals surface area contributed by atoms with Gasteiger partial charge in [0.1, 0.15) is 18.0 Å². The zero-order valence-corrected chi connectivity index (χ0v) is 15.3. The molecule has 0 aliphatic rings. The third-order valence-electron chi connectivity index (χ3n) is 4.04. The van der Waals surface area contributed by atoms with Gasteiger partial charge >= 0.3 is 0 Å². The maximum absolute atomic E-state index is 12.6. The molecule has 0 saturated carbocycles. The number of hydrogen-bond donors (Lipinski definition) is 1. The summed E-state index contributed by atoms with van der Waals surface area (Å²) in [4.78, 5) is 39.8. The smallest absolute Gasteiger partial charge is 0.296 e. The summed E-state index contributed by atoms with van der Waals surface area (Å²) in [6, 6.07) is 9.45. The molecular formula is C19H18N4O5. The number of fused-ring (bicyclic) bond motifs is 1. The number of anilines is 1. The molecule has 1 aromatic heterocycles. The first-order chi connectivity index (χ1) is 13.4. The number of carbonyl (C=O) groups is 1. The lowest BCUT2D eigenvalue weighted by atomic mass is 10.2. The zero-order chi connectivity index (χ0) is 20.3. The van der Waals surface area contributed by atoms with Gasteiger partial charge in [0.05, 0.1) is 34.8 Å². The lowest BCUT2D eigenvalue weighted by molar-refractivity contribution is -0.384. The van der Waals surface area contributed by atoms with E-state index in [2.05, 4.69) is 10.3 Å². The summed E-state index contributed by atoms with van der Waals surface area (Å²) in [5, 5.41) is 14.2. The van der Waals surface area contributed by atoms with Gasteiger partial charge in [-0.25, -0.2) is 4.98 Å². The highest BCUT2D eigenvalue weighted by Crippen LogP contribution is 2.29. The fraction of sp³-hybridized carbons (Fsp3) is 0.211. The van der Waals surface area contributed by atoms with Crippen LogP contribution in [0.5, 0.6) is 5.75 Å². The molecule has 0 bridgehead atoms. The van der Waals surface area contributed by atoms with Crippen LogP contribution < -0.4 is 15.6 Å². The molecule has 0 radical (unpaired) electrons. The van der Waals surface area contributed by atoms with Crippen LogP contribution >= 0.6 is 0 Å². The average Bonchev–Trinajstić information content (AvgIpc) is 2.65. The van der Waals surface area contributed by atoms with Gasteiger partial charge in [0.25, 0.3) is 11.2 Å². The van der Waals surface area contributed by atoms with E-state index in [4.69, 9.17) is 4.74 Å². The number of hydrogen-bond acceptors (Lipinski definition) is 6. The number of nitro groups is 1. The summed E-state index contributed by atoms with van der Waals surface area (Å²) in [7, 11) is 0. The number of rotatable bonds is 6. The van der Waals surface area contributed by atoms with Crippen molar-refractivity contribution in [3.05, 3.63) is 68.8 Å². The van der Waals surface area contributed by atoms with Gasteiger partial charge in [-0.2, -0.15) is 0 Å². The van der Waals surface area contributed by atoms with Crippen molar-refractivity contribution in [1.29, 1.82) is 0 Å². The van der Waals surface area contributed by atoms with Crippen molar-refractivity contribution in [2.75, 3.05) is 11.9 Å². The Hall–Kier alpha value is -3.75. The van der Waals surface area contributed by atoms with Gasteiger partial charge in [-0.05, 0) is 38.1 Å². The first-order valence-corrected chi connectivity index (χ1v) is 8.56. The molecule has 0 saturated heterocycles. The van der Waals surface area contributed by atoms with Crippen LogP contribution in [0.15, 0.2) is 47.5 Å². The second-order valence-electron chi connectivity index (χ2n) is 6.12. The van der Waals surface area contributed by atoms with Crippen molar-refractivity contribution in [2.45, 2.75) is 20.4 Å². The van der Waals surface area contributed by atoms with Crippen molar-refractivity contribution in [1.82, 2.24) is 9.55 Å². The molecule has 0 aliphatic carbocycles. The summed E-state index contributed by atoms with van der Waals surface area (Å²) in [6.07, 6.45) is 1.28. The van der Waals surface area contributed by atoms with E-state index in [1.807, 2.05) is 13.0 Å². The van der Waals surface area contributed by atoms with Crippen LogP contribution in [0.3, 0.4) is 0 Å². The van der Waals surface area contributed by atoms with Crippen molar-refractivity contribution >= 4 is 28.2 Å². The topological polar surface area (TPSA) is 116 Å². The molecule has 2 aromatic carbocycles. The predicted molar refractivity (Wildman–Crippen MR) is 104 cm³/mol. The van der Waals surface area contributed by atoms with Crippen LogP contribution in [-0.4, -0.2) is 27.0 Å². The van der Waals surface area contributed by atoms with Crippen LogP contribution in [0.25, 0.3) is 10.9 Å². The van der Waals surface area contributed by atoms with Gasteiger partial charge in [0.15, 0.2) is 0 Å². The van der Waals surface area contributed by atoms with E-state index in [9.17, 15) is 19.7 Å². The molecule has 0 aliphatic heterocycles. The zero-order valence-electron chi connectivity index (χ0n) is 15.3. The van der Waals surface area contributed by atoms with Gasteiger partial charge in [0.2, 0.25) is 5.91 Å². The minimum Gasteiger partial charge on any atom is -0.494 e. The van der Waals surface area contributed by atoms with E-state index in [0.717, 1.165) is 10.1 Å². The summed E-state index contributed by atoms with van der Waals surface area (Å²) in [6.45, 7) is 3.66. The summed E-state index contributed by atoms with van der Waals surface area (Å²) in [5.41, 5.74) is 0.813. The highest BCUT2D eigenvalue weighted by Gasteiger charge is 2.18. The Morgan fingerprint density at radius 1 is 1.29 bits per heavy atom. The Balaban J connectivity index is 1.85. The van der Waals surface area contributed by atoms with Crippen molar-refractivity contribution in [3.8, 4) is 5.75 Å². The lowest BCUT2D eigenvalue weighted by Gasteiger charge is -2.10. The molecular weight excluding hydrogens is 364 g/mol. The standard InChI is InChI=1S/C19H18N4O5/c1-3-28-13-5-7-16(17(9-13)23(26)27)21-18(24)10-22-11-20-15-6-4-12(2)8-14(15)19(22)25/h4-9,11H,3,10H2,1-2H3,(H,21,24). The van der Waals surface area contributed by atoms with Crippen LogP contribution in [0, 0.1) is 17.0 Å². The SMILES string of the molecule is CCOc1ccc(NC(=O)Cn2cnc3ccc(C)cc3c2=O)c([N+](=O)[O-])c1. The summed E-state index contributed by atoms with van der Waals surface area (Å²) < 4.78 is 6.41. The summed E-state index contributed by atoms with van der Waals surface area (Å²) in [5.74, 6) is -0.249. The Labute approximate surface area is 159 Å². The molecule has 1 N–H and O–H groups in total. The second kappa shape index (κ2) is 7.87. The number of aryl methyl sites for hydroxylation is 1.